The third-order valence-corrected chi connectivity index (χ3v) is 5.37. The van der Waals surface area contributed by atoms with Gasteiger partial charge in [-0.1, -0.05) is 36.4 Å². The van der Waals surface area contributed by atoms with Gasteiger partial charge in [-0.05, 0) is 36.4 Å². The van der Waals surface area contributed by atoms with E-state index in [1.165, 1.54) is 0 Å². The molecule has 0 radical (unpaired) electrons. The molecule has 4 heterocycles. The van der Waals surface area contributed by atoms with Crippen LogP contribution in [-0.2, 0) is 0 Å². The molecule has 0 bridgehead atoms. The van der Waals surface area contributed by atoms with E-state index in [9.17, 15) is 9.59 Å². The molecule has 2 aromatic carbocycles. The monoisotopic (exact) mass is 446 g/mol. The fourth-order valence-corrected chi connectivity index (χ4v) is 3.73. The van der Waals surface area contributed by atoms with Gasteiger partial charge in [0.05, 0.1) is 22.1 Å². The van der Waals surface area contributed by atoms with Crippen LogP contribution in [0, 0.1) is 0 Å². The second-order valence-corrected chi connectivity index (χ2v) is 7.60. The molecule has 8 nitrogen and oxygen atoms in total. The van der Waals surface area contributed by atoms with Crippen LogP contribution in [0.4, 0.5) is 11.6 Å². The summed E-state index contributed by atoms with van der Waals surface area (Å²) in [6.07, 6.45) is 1.39. The molecular formula is C26H18N6O2. The van der Waals surface area contributed by atoms with Gasteiger partial charge in [0.1, 0.15) is 23.0 Å². The molecule has 0 fully saturated rings. The highest BCUT2D eigenvalue weighted by molar-refractivity contribution is 6.04. The van der Waals surface area contributed by atoms with Crippen molar-refractivity contribution in [3.63, 3.8) is 0 Å². The standard InChI is InChI=1S/C14H8N2O2.C12H10N4/c17-7-11-5-3-9-1-2-10-4-6-12(8-18)16-14(10)13(9)15-11;13-9-5-3-7-1-2-8-4-6-10(14)16-12(8)11(7)15-9/h1-8H;1-6H,(H2,13,15)(H2,14,16). The summed E-state index contributed by atoms with van der Waals surface area (Å²) in [6, 6.07) is 22.2. The fourth-order valence-electron chi connectivity index (χ4n) is 3.73. The predicted octanol–water partition coefficient (Wildman–Crippen LogP) is 4.36. The predicted molar refractivity (Wildman–Crippen MR) is 134 cm³/mol. The summed E-state index contributed by atoms with van der Waals surface area (Å²) in [4.78, 5) is 38.7. The van der Waals surface area contributed by atoms with Gasteiger partial charge in [0.15, 0.2) is 12.6 Å². The highest BCUT2D eigenvalue weighted by atomic mass is 16.1. The van der Waals surface area contributed by atoms with Crippen molar-refractivity contribution in [3.8, 4) is 0 Å². The van der Waals surface area contributed by atoms with Gasteiger partial charge in [-0.2, -0.15) is 0 Å². The second-order valence-electron chi connectivity index (χ2n) is 7.60. The summed E-state index contributed by atoms with van der Waals surface area (Å²) >= 11 is 0. The average molecular weight is 446 g/mol. The van der Waals surface area contributed by atoms with Gasteiger partial charge in [0.2, 0.25) is 0 Å². The van der Waals surface area contributed by atoms with Gasteiger partial charge < -0.3 is 11.5 Å². The van der Waals surface area contributed by atoms with E-state index < -0.39 is 0 Å². The molecule has 0 saturated heterocycles. The molecule has 4 aromatic heterocycles. The maximum atomic E-state index is 10.8. The van der Waals surface area contributed by atoms with E-state index in [1.807, 2.05) is 48.5 Å². The van der Waals surface area contributed by atoms with Crippen LogP contribution < -0.4 is 11.5 Å². The summed E-state index contributed by atoms with van der Waals surface area (Å²) in [7, 11) is 0. The number of nitrogens with two attached hydrogens (primary N) is 2. The fraction of sp³-hybridized carbons (Fsp3) is 0. The molecule has 164 valence electrons. The molecule has 0 aliphatic rings. The Hall–Kier alpha value is -4.98. The zero-order valence-corrected chi connectivity index (χ0v) is 17.8. The maximum absolute atomic E-state index is 10.8. The quantitative estimate of drug-likeness (QED) is 0.296. The zero-order chi connectivity index (χ0) is 23.7. The van der Waals surface area contributed by atoms with Crippen molar-refractivity contribution in [3.05, 3.63) is 84.2 Å². The topological polar surface area (TPSA) is 138 Å². The van der Waals surface area contributed by atoms with Crippen LogP contribution >= 0.6 is 0 Å². The van der Waals surface area contributed by atoms with Crippen LogP contribution in [0.5, 0.6) is 0 Å². The number of nitrogens with zero attached hydrogens (tertiary/aromatic N) is 4. The minimum Gasteiger partial charge on any atom is -0.384 e. The summed E-state index contributed by atoms with van der Waals surface area (Å²) in [5, 5.41) is 3.81. The van der Waals surface area contributed by atoms with Gasteiger partial charge >= 0.3 is 0 Å². The summed E-state index contributed by atoms with van der Waals surface area (Å²) < 4.78 is 0. The Bertz CT molecular complexity index is 1600. The Morgan fingerprint density at radius 2 is 0.735 bits per heavy atom. The third-order valence-electron chi connectivity index (χ3n) is 5.37. The van der Waals surface area contributed by atoms with E-state index in [0.29, 0.717) is 46.6 Å². The van der Waals surface area contributed by atoms with Crippen molar-refractivity contribution in [2.75, 3.05) is 11.5 Å². The average Bonchev–Trinajstić information content (AvgIpc) is 2.88. The number of rotatable bonds is 2. The number of carbonyl (C=O) groups excluding carboxylic acids is 2. The molecule has 0 atom stereocenters. The van der Waals surface area contributed by atoms with E-state index >= 15 is 0 Å². The Morgan fingerprint density at radius 3 is 1.09 bits per heavy atom. The first-order valence-corrected chi connectivity index (χ1v) is 10.4. The second kappa shape index (κ2) is 8.51. The van der Waals surface area contributed by atoms with Crippen LogP contribution in [0.1, 0.15) is 21.0 Å². The number of hydrogen-bond acceptors (Lipinski definition) is 8. The first-order chi connectivity index (χ1) is 16.6. The number of hydrogen-bond donors (Lipinski definition) is 2. The number of nitrogen functional groups attached to an aromatic ring is 2. The van der Waals surface area contributed by atoms with E-state index in [4.69, 9.17) is 11.5 Å². The molecule has 0 spiro atoms. The normalized spacial score (nSPS) is 10.8. The molecule has 0 amide bonds. The molecule has 0 aliphatic carbocycles. The highest BCUT2D eigenvalue weighted by Gasteiger charge is 2.06. The van der Waals surface area contributed by atoms with Gasteiger partial charge in [0.25, 0.3) is 0 Å². The van der Waals surface area contributed by atoms with Crippen LogP contribution in [0.15, 0.2) is 72.8 Å². The van der Waals surface area contributed by atoms with Crippen molar-refractivity contribution >= 4 is 67.8 Å². The van der Waals surface area contributed by atoms with Gasteiger partial charge in [0, 0.05) is 21.5 Å². The molecule has 8 heteroatoms. The number of anilines is 2. The maximum Gasteiger partial charge on any atom is 0.168 e. The third kappa shape index (κ3) is 3.84. The largest absolute Gasteiger partial charge is 0.384 e. The van der Waals surface area contributed by atoms with Crippen LogP contribution in [0.3, 0.4) is 0 Å². The van der Waals surface area contributed by atoms with Crippen molar-refractivity contribution in [1.29, 1.82) is 0 Å². The number of fused-ring (bicyclic) bond motifs is 6. The lowest BCUT2D eigenvalue weighted by Gasteiger charge is -2.03. The van der Waals surface area contributed by atoms with E-state index in [-0.39, 0.29) is 0 Å². The van der Waals surface area contributed by atoms with Crippen molar-refractivity contribution in [1.82, 2.24) is 19.9 Å². The first kappa shape index (κ1) is 20.9. The van der Waals surface area contributed by atoms with Gasteiger partial charge in [-0.3, -0.25) is 9.59 Å². The summed E-state index contributed by atoms with van der Waals surface area (Å²) in [5.41, 5.74) is 14.9. The lowest BCUT2D eigenvalue weighted by atomic mass is 10.1. The Morgan fingerprint density at radius 1 is 0.441 bits per heavy atom. The number of carbonyl (C=O) groups is 2. The summed E-state index contributed by atoms with van der Waals surface area (Å²) in [6.45, 7) is 0. The SMILES string of the molecule is Nc1ccc2ccc3ccc(N)nc3c2n1.O=Cc1ccc2ccc3ccc(C=O)nc3c2n1. The van der Waals surface area contributed by atoms with Crippen molar-refractivity contribution < 1.29 is 9.59 Å². The lowest BCUT2D eigenvalue weighted by molar-refractivity contribution is 0.111. The van der Waals surface area contributed by atoms with Crippen LogP contribution in [0.2, 0.25) is 0 Å². The smallest absolute Gasteiger partial charge is 0.168 e. The van der Waals surface area contributed by atoms with Crippen LogP contribution in [-0.4, -0.2) is 32.5 Å². The molecule has 34 heavy (non-hydrogen) atoms. The van der Waals surface area contributed by atoms with Gasteiger partial charge in [-0.25, -0.2) is 19.9 Å². The van der Waals surface area contributed by atoms with E-state index in [2.05, 4.69) is 19.9 Å². The van der Waals surface area contributed by atoms with Gasteiger partial charge in [-0.15, -0.1) is 0 Å². The van der Waals surface area contributed by atoms with Crippen LogP contribution in [0.25, 0.3) is 43.6 Å². The molecule has 0 aliphatic heterocycles. The summed E-state index contributed by atoms with van der Waals surface area (Å²) in [5.74, 6) is 0.980. The Kier molecular flexibility index (Phi) is 5.23. The Labute approximate surface area is 193 Å². The first-order valence-electron chi connectivity index (χ1n) is 10.4. The Balaban J connectivity index is 0.000000142. The molecule has 0 saturated carbocycles. The zero-order valence-electron chi connectivity index (χ0n) is 17.8. The lowest BCUT2D eigenvalue weighted by Crippen LogP contribution is -1.94. The molecular weight excluding hydrogens is 428 g/mol. The molecule has 0 unspecified atom stereocenters. The minimum atomic E-state index is 0.355. The number of aromatic nitrogens is 4. The number of benzene rings is 2. The number of pyridine rings is 4. The van der Waals surface area contributed by atoms with E-state index in [0.717, 1.165) is 32.6 Å². The highest BCUT2D eigenvalue weighted by Crippen LogP contribution is 2.24. The number of aldehydes is 2. The van der Waals surface area contributed by atoms with Crippen molar-refractivity contribution in [2.45, 2.75) is 0 Å². The molecule has 4 N–H and O–H groups in total. The minimum absolute atomic E-state index is 0.355. The van der Waals surface area contributed by atoms with Crippen molar-refractivity contribution in [2.24, 2.45) is 0 Å². The van der Waals surface area contributed by atoms with E-state index in [1.54, 1.807) is 24.3 Å². The molecule has 6 rings (SSSR count). The molecule has 6 aromatic rings.